The second-order valence-corrected chi connectivity index (χ2v) is 7.72. The number of rotatable bonds is 4. The Hall–Kier alpha value is -4.18. The lowest BCUT2D eigenvalue weighted by atomic mass is 10.0. The summed E-state index contributed by atoms with van der Waals surface area (Å²) in [5.74, 6) is 0. The van der Waals surface area contributed by atoms with Gasteiger partial charge in [0.2, 0.25) is 0 Å². The smallest absolute Gasteiger partial charge is 0.0629 e. The normalized spacial score (nSPS) is 13.0. The van der Waals surface area contributed by atoms with Crippen LogP contribution >= 0.6 is 0 Å². The van der Waals surface area contributed by atoms with Crippen molar-refractivity contribution in [3.8, 4) is 0 Å². The molecule has 0 amide bonds. The third kappa shape index (κ3) is 4.76. The van der Waals surface area contributed by atoms with Gasteiger partial charge in [0, 0.05) is 36.9 Å². The minimum absolute atomic E-state index is 0.768. The van der Waals surface area contributed by atoms with Gasteiger partial charge in [-0.1, -0.05) is 36.4 Å². The van der Waals surface area contributed by atoms with Gasteiger partial charge in [0.25, 0.3) is 0 Å². The van der Waals surface area contributed by atoms with Crippen molar-refractivity contribution in [2.24, 2.45) is 0 Å². The van der Waals surface area contributed by atoms with Crippen molar-refractivity contribution in [2.45, 2.75) is 13.1 Å². The van der Waals surface area contributed by atoms with Gasteiger partial charge < -0.3 is 10.6 Å². The average molecular weight is 417 g/mol. The minimum Gasteiger partial charge on any atom is -0.381 e. The number of nitrogens with zero attached hydrogens (tertiary/aromatic N) is 2. The number of hydrogen-bond donors (Lipinski definition) is 2. The minimum atomic E-state index is 0.768. The van der Waals surface area contributed by atoms with Gasteiger partial charge in [0.05, 0.1) is 11.4 Å². The first-order valence-electron chi connectivity index (χ1n) is 10.8. The number of nitrogens with one attached hydrogen (secondary N) is 2. The van der Waals surface area contributed by atoms with Crippen LogP contribution in [0.15, 0.2) is 85.2 Å². The van der Waals surface area contributed by atoms with Crippen molar-refractivity contribution in [3.05, 3.63) is 119 Å². The predicted molar refractivity (Wildman–Crippen MR) is 134 cm³/mol. The monoisotopic (exact) mass is 416 g/mol. The molecule has 2 aromatic heterocycles. The van der Waals surface area contributed by atoms with E-state index in [0.29, 0.717) is 0 Å². The fourth-order valence-corrected chi connectivity index (χ4v) is 3.77. The predicted octanol–water partition coefficient (Wildman–Crippen LogP) is 6.36. The summed E-state index contributed by atoms with van der Waals surface area (Å²) >= 11 is 0. The molecular formula is C28H24N4. The molecule has 0 bridgehead atoms. The van der Waals surface area contributed by atoms with Gasteiger partial charge in [0.15, 0.2) is 0 Å². The summed E-state index contributed by atoms with van der Waals surface area (Å²) in [6, 6.07) is 24.9. The maximum atomic E-state index is 4.35. The zero-order chi connectivity index (χ0) is 21.6. The summed E-state index contributed by atoms with van der Waals surface area (Å²) in [6.45, 7) is 1.54. The van der Waals surface area contributed by atoms with Crippen molar-refractivity contribution >= 4 is 35.7 Å². The van der Waals surface area contributed by atoms with Gasteiger partial charge in [0.1, 0.15) is 0 Å². The fraction of sp³-hybridized carbons (Fsp3) is 0.0714. The molecule has 1 aliphatic heterocycles. The van der Waals surface area contributed by atoms with Gasteiger partial charge >= 0.3 is 0 Å². The molecule has 4 nitrogen and oxygen atoms in total. The van der Waals surface area contributed by atoms with E-state index in [4.69, 9.17) is 0 Å². The Labute approximate surface area is 188 Å². The van der Waals surface area contributed by atoms with Crippen molar-refractivity contribution < 1.29 is 0 Å². The molecule has 32 heavy (non-hydrogen) atoms. The van der Waals surface area contributed by atoms with Crippen LogP contribution in [0.1, 0.15) is 33.6 Å². The van der Waals surface area contributed by atoms with Crippen LogP contribution < -0.4 is 10.6 Å². The van der Waals surface area contributed by atoms with Crippen LogP contribution in [-0.2, 0) is 13.1 Å². The standard InChI is InChI=1S/C28H24N4/c1-3-15-29-25(5-1)11-7-21-9-13-27-23(17-21)19-31-28-14-10-22(18-24(28)20-32-27)8-12-26-6-2-4-16-30-26/h1-18,31-32H,19-20H2/b11-7+,12-8+. The lowest BCUT2D eigenvalue weighted by Gasteiger charge is -2.21. The second-order valence-electron chi connectivity index (χ2n) is 7.72. The Morgan fingerprint density at radius 3 is 1.50 bits per heavy atom. The first kappa shape index (κ1) is 19.8. The number of benzene rings is 2. The third-order valence-corrected chi connectivity index (χ3v) is 5.47. The van der Waals surface area contributed by atoms with Crippen LogP contribution in [0.25, 0.3) is 24.3 Å². The van der Waals surface area contributed by atoms with Crippen LogP contribution in [0.2, 0.25) is 0 Å². The van der Waals surface area contributed by atoms with Gasteiger partial charge in [-0.25, -0.2) is 0 Å². The summed E-state index contributed by atoms with van der Waals surface area (Å²) in [5.41, 5.74) is 9.05. The Balaban J connectivity index is 1.32. The van der Waals surface area contributed by atoms with E-state index < -0.39 is 0 Å². The number of aromatic nitrogens is 2. The molecule has 3 heterocycles. The van der Waals surface area contributed by atoms with Crippen molar-refractivity contribution in [1.29, 1.82) is 0 Å². The van der Waals surface area contributed by atoms with Gasteiger partial charge in [-0.05, 0) is 82.9 Å². The van der Waals surface area contributed by atoms with Crippen molar-refractivity contribution in [3.63, 3.8) is 0 Å². The third-order valence-electron chi connectivity index (χ3n) is 5.47. The molecule has 156 valence electrons. The molecule has 1 aliphatic rings. The average Bonchev–Trinajstić information content (AvgIpc) is 2.84. The highest BCUT2D eigenvalue weighted by Gasteiger charge is 2.11. The van der Waals surface area contributed by atoms with E-state index in [9.17, 15) is 0 Å². The number of fused-ring (bicyclic) bond motifs is 2. The molecule has 0 saturated heterocycles. The first-order valence-corrected chi connectivity index (χ1v) is 10.8. The summed E-state index contributed by atoms with van der Waals surface area (Å²) in [7, 11) is 0. The molecule has 0 aliphatic carbocycles. The Bertz CT molecular complexity index is 1160. The first-order chi connectivity index (χ1) is 15.8. The Kier molecular flexibility index (Phi) is 5.75. The molecule has 0 radical (unpaired) electrons. The highest BCUT2D eigenvalue weighted by atomic mass is 14.9. The maximum absolute atomic E-state index is 4.35. The van der Waals surface area contributed by atoms with E-state index >= 15 is 0 Å². The van der Waals surface area contributed by atoms with E-state index in [1.54, 1.807) is 0 Å². The molecule has 5 rings (SSSR count). The number of hydrogen-bond acceptors (Lipinski definition) is 4. The lowest BCUT2D eigenvalue weighted by Crippen LogP contribution is -2.12. The van der Waals surface area contributed by atoms with Gasteiger partial charge in [-0.15, -0.1) is 0 Å². The highest BCUT2D eigenvalue weighted by Crippen LogP contribution is 2.27. The molecule has 0 fully saturated rings. The van der Waals surface area contributed by atoms with Crippen molar-refractivity contribution in [2.75, 3.05) is 10.6 Å². The van der Waals surface area contributed by atoms with Crippen LogP contribution in [0, 0.1) is 0 Å². The maximum Gasteiger partial charge on any atom is 0.0629 e. The molecule has 4 heteroatoms. The molecule has 4 aromatic rings. The largest absolute Gasteiger partial charge is 0.381 e. The Morgan fingerprint density at radius 2 is 1.06 bits per heavy atom. The lowest BCUT2D eigenvalue weighted by molar-refractivity contribution is 1.05. The fourth-order valence-electron chi connectivity index (χ4n) is 3.77. The van der Waals surface area contributed by atoms with E-state index in [0.717, 1.165) is 47.0 Å². The molecular weight excluding hydrogens is 392 g/mol. The summed E-state index contributed by atoms with van der Waals surface area (Å²) in [4.78, 5) is 8.70. The summed E-state index contributed by atoms with van der Waals surface area (Å²) in [6.07, 6.45) is 11.9. The summed E-state index contributed by atoms with van der Waals surface area (Å²) in [5, 5.41) is 7.22. The van der Waals surface area contributed by atoms with Crippen molar-refractivity contribution in [1.82, 2.24) is 9.97 Å². The second kappa shape index (κ2) is 9.31. The molecule has 0 unspecified atom stereocenters. The van der Waals surface area contributed by atoms with Gasteiger partial charge in [-0.2, -0.15) is 0 Å². The zero-order valence-corrected chi connectivity index (χ0v) is 17.7. The molecule has 0 saturated carbocycles. The van der Waals surface area contributed by atoms with E-state index in [1.165, 1.54) is 11.1 Å². The van der Waals surface area contributed by atoms with Crippen LogP contribution in [-0.4, -0.2) is 9.97 Å². The molecule has 0 spiro atoms. The summed E-state index contributed by atoms with van der Waals surface area (Å²) < 4.78 is 0. The van der Waals surface area contributed by atoms with Crippen LogP contribution in [0.4, 0.5) is 11.4 Å². The number of pyridine rings is 2. The Morgan fingerprint density at radius 1 is 0.562 bits per heavy atom. The topological polar surface area (TPSA) is 49.8 Å². The molecule has 2 N–H and O–H groups in total. The van der Waals surface area contributed by atoms with E-state index in [-0.39, 0.29) is 0 Å². The molecule has 2 aromatic carbocycles. The number of anilines is 2. The SMILES string of the molecule is C(=C\c1ccccn1)/c1ccc2c(c1)CNc1ccc(/C=C/c3ccccn3)cc1CN2. The van der Waals surface area contributed by atoms with E-state index in [2.05, 4.69) is 69.2 Å². The quantitative estimate of drug-likeness (QED) is 0.407. The highest BCUT2D eigenvalue weighted by molar-refractivity contribution is 5.73. The van der Waals surface area contributed by atoms with Crippen LogP contribution in [0.5, 0.6) is 0 Å². The molecule has 0 atom stereocenters. The van der Waals surface area contributed by atoms with Crippen LogP contribution in [0.3, 0.4) is 0 Å². The van der Waals surface area contributed by atoms with Gasteiger partial charge in [-0.3, -0.25) is 9.97 Å². The zero-order valence-electron chi connectivity index (χ0n) is 17.7. The van der Waals surface area contributed by atoms with E-state index in [1.807, 2.05) is 60.9 Å².